The van der Waals surface area contributed by atoms with Crippen molar-refractivity contribution in [1.82, 2.24) is 9.78 Å². The first kappa shape index (κ1) is 13.6. The average molecular weight is 272 g/mol. The van der Waals surface area contributed by atoms with Crippen LogP contribution in [0.3, 0.4) is 0 Å². The maximum absolute atomic E-state index is 10.8. The zero-order chi connectivity index (χ0) is 14.2. The van der Waals surface area contributed by atoms with Crippen LogP contribution in [0.2, 0.25) is 0 Å². The minimum absolute atomic E-state index is 0.545. The van der Waals surface area contributed by atoms with E-state index in [1.54, 1.807) is 0 Å². The van der Waals surface area contributed by atoms with E-state index < -0.39 is 5.60 Å². The molecule has 108 valence electrons. The molecule has 0 aliphatic heterocycles. The van der Waals surface area contributed by atoms with Crippen molar-refractivity contribution in [3.63, 3.8) is 0 Å². The van der Waals surface area contributed by atoms with Gasteiger partial charge in [-0.05, 0) is 38.2 Å². The summed E-state index contributed by atoms with van der Waals surface area (Å²) in [5.74, 6) is 0.680. The molecule has 2 aromatic rings. The lowest BCUT2D eigenvalue weighted by Crippen LogP contribution is -2.28. The highest BCUT2D eigenvalue weighted by molar-refractivity contribution is 5.82. The number of para-hydroxylation sites is 1. The van der Waals surface area contributed by atoms with Crippen molar-refractivity contribution in [2.75, 3.05) is 0 Å². The van der Waals surface area contributed by atoms with E-state index in [-0.39, 0.29) is 0 Å². The smallest absolute Gasteiger partial charge is 0.0731 e. The summed E-state index contributed by atoms with van der Waals surface area (Å²) in [5, 5.41) is 16.8. The van der Waals surface area contributed by atoms with Gasteiger partial charge in [-0.3, -0.25) is 4.68 Å². The Morgan fingerprint density at radius 3 is 2.85 bits per heavy atom. The molecule has 3 rings (SSSR count). The van der Waals surface area contributed by atoms with E-state index >= 15 is 0 Å². The van der Waals surface area contributed by atoms with E-state index in [0.717, 1.165) is 31.5 Å². The van der Waals surface area contributed by atoms with Crippen LogP contribution in [0.15, 0.2) is 24.3 Å². The fourth-order valence-corrected chi connectivity index (χ4v) is 3.60. The molecule has 3 nitrogen and oxygen atoms in total. The van der Waals surface area contributed by atoms with Gasteiger partial charge >= 0.3 is 0 Å². The molecule has 0 bridgehead atoms. The summed E-state index contributed by atoms with van der Waals surface area (Å²) in [5.41, 5.74) is 1.69. The van der Waals surface area contributed by atoms with Crippen LogP contribution in [0.4, 0.5) is 0 Å². The van der Waals surface area contributed by atoms with Crippen molar-refractivity contribution in [3.8, 4) is 0 Å². The number of aryl methyl sites for hydroxylation is 1. The number of rotatable bonds is 4. The molecule has 0 saturated heterocycles. The predicted molar refractivity (Wildman–Crippen MR) is 81.7 cm³/mol. The lowest BCUT2D eigenvalue weighted by molar-refractivity contribution is 0.0429. The summed E-state index contributed by atoms with van der Waals surface area (Å²) in [6.07, 6.45) is 4.86. The van der Waals surface area contributed by atoms with Gasteiger partial charge < -0.3 is 5.11 Å². The van der Waals surface area contributed by atoms with E-state index in [1.807, 2.05) is 4.68 Å². The molecule has 1 fully saturated rings. The first-order valence-electron chi connectivity index (χ1n) is 7.82. The van der Waals surface area contributed by atoms with Gasteiger partial charge in [0.05, 0.1) is 16.8 Å². The van der Waals surface area contributed by atoms with E-state index in [4.69, 9.17) is 5.10 Å². The molecule has 0 radical (unpaired) electrons. The molecule has 1 aliphatic rings. The molecule has 0 amide bonds. The molecule has 0 spiro atoms. The van der Waals surface area contributed by atoms with Crippen molar-refractivity contribution >= 4 is 10.9 Å². The Kier molecular flexibility index (Phi) is 3.55. The third-order valence-corrected chi connectivity index (χ3v) is 4.79. The number of hydrogen-bond acceptors (Lipinski definition) is 2. The van der Waals surface area contributed by atoms with Crippen LogP contribution in [0.1, 0.15) is 45.2 Å². The van der Waals surface area contributed by atoms with Gasteiger partial charge in [0.25, 0.3) is 0 Å². The van der Waals surface area contributed by atoms with E-state index in [1.165, 1.54) is 17.3 Å². The van der Waals surface area contributed by atoms with Gasteiger partial charge in [-0.2, -0.15) is 5.10 Å². The Bertz CT molecular complexity index is 604. The van der Waals surface area contributed by atoms with Crippen LogP contribution >= 0.6 is 0 Å². The van der Waals surface area contributed by atoms with Crippen LogP contribution in [-0.2, 0) is 13.0 Å². The molecule has 1 aromatic heterocycles. The van der Waals surface area contributed by atoms with Crippen LogP contribution in [0.25, 0.3) is 10.9 Å². The fraction of sp³-hybridized carbons (Fsp3) is 0.588. The highest BCUT2D eigenvalue weighted by atomic mass is 16.3. The van der Waals surface area contributed by atoms with Gasteiger partial charge in [-0.25, -0.2) is 0 Å². The van der Waals surface area contributed by atoms with Gasteiger partial charge in [-0.15, -0.1) is 0 Å². The standard InChI is InChI=1S/C17H24N2O/c1-3-13-9-10-17(20,11-13)12-15-14-7-5-6-8-16(14)19(4-2)18-15/h5-8,13,20H,3-4,9-12H2,1-2H3. The van der Waals surface area contributed by atoms with Gasteiger partial charge in [0, 0.05) is 18.4 Å². The number of hydrogen-bond donors (Lipinski definition) is 1. The van der Waals surface area contributed by atoms with Crippen molar-refractivity contribution in [2.45, 2.75) is 58.1 Å². The Morgan fingerprint density at radius 2 is 2.15 bits per heavy atom. The SMILES string of the molecule is CCC1CCC(O)(Cc2nn(CC)c3ccccc23)C1. The molecule has 3 heteroatoms. The molecular formula is C17H24N2O. The second-order valence-corrected chi connectivity index (χ2v) is 6.20. The van der Waals surface area contributed by atoms with Gasteiger partial charge in [-0.1, -0.05) is 31.5 Å². The van der Waals surface area contributed by atoms with Crippen molar-refractivity contribution in [1.29, 1.82) is 0 Å². The topological polar surface area (TPSA) is 38.1 Å². The summed E-state index contributed by atoms with van der Waals surface area (Å²) in [6, 6.07) is 8.35. The number of aromatic nitrogens is 2. The summed E-state index contributed by atoms with van der Waals surface area (Å²) in [6.45, 7) is 5.20. The number of fused-ring (bicyclic) bond motifs is 1. The Morgan fingerprint density at radius 1 is 1.35 bits per heavy atom. The summed E-state index contributed by atoms with van der Waals surface area (Å²) >= 11 is 0. The summed E-state index contributed by atoms with van der Waals surface area (Å²) < 4.78 is 2.04. The van der Waals surface area contributed by atoms with Crippen LogP contribution in [0.5, 0.6) is 0 Å². The molecule has 1 heterocycles. The molecular weight excluding hydrogens is 248 g/mol. The average Bonchev–Trinajstić information content (AvgIpc) is 3.01. The summed E-state index contributed by atoms with van der Waals surface area (Å²) in [4.78, 5) is 0. The third kappa shape index (κ3) is 2.35. The van der Waals surface area contributed by atoms with Crippen molar-refractivity contribution < 1.29 is 5.11 Å². The molecule has 2 atom stereocenters. The lowest BCUT2D eigenvalue weighted by Gasteiger charge is -2.21. The molecule has 1 aliphatic carbocycles. The summed E-state index contributed by atoms with van der Waals surface area (Å²) in [7, 11) is 0. The molecule has 1 N–H and O–H groups in total. The number of nitrogens with zero attached hydrogens (tertiary/aromatic N) is 2. The first-order valence-corrected chi connectivity index (χ1v) is 7.82. The largest absolute Gasteiger partial charge is 0.389 e. The zero-order valence-electron chi connectivity index (χ0n) is 12.5. The van der Waals surface area contributed by atoms with Crippen molar-refractivity contribution in [2.24, 2.45) is 5.92 Å². The lowest BCUT2D eigenvalue weighted by atomic mass is 9.93. The third-order valence-electron chi connectivity index (χ3n) is 4.79. The quantitative estimate of drug-likeness (QED) is 0.924. The minimum atomic E-state index is -0.545. The first-order chi connectivity index (χ1) is 9.65. The molecule has 1 aromatic carbocycles. The number of benzene rings is 1. The maximum atomic E-state index is 10.8. The minimum Gasteiger partial charge on any atom is -0.389 e. The highest BCUT2D eigenvalue weighted by Gasteiger charge is 2.37. The highest BCUT2D eigenvalue weighted by Crippen LogP contribution is 2.39. The van der Waals surface area contributed by atoms with Crippen LogP contribution in [0, 0.1) is 5.92 Å². The zero-order valence-corrected chi connectivity index (χ0v) is 12.5. The van der Waals surface area contributed by atoms with Gasteiger partial charge in [0.15, 0.2) is 0 Å². The van der Waals surface area contributed by atoms with Gasteiger partial charge in [0.1, 0.15) is 0 Å². The van der Waals surface area contributed by atoms with Crippen molar-refractivity contribution in [3.05, 3.63) is 30.0 Å². The molecule has 20 heavy (non-hydrogen) atoms. The Hall–Kier alpha value is -1.35. The predicted octanol–water partition coefficient (Wildman–Crippen LogP) is 3.54. The van der Waals surface area contributed by atoms with Crippen LogP contribution < -0.4 is 0 Å². The second kappa shape index (κ2) is 5.21. The van der Waals surface area contributed by atoms with Crippen LogP contribution in [-0.4, -0.2) is 20.5 Å². The monoisotopic (exact) mass is 272 g/mol. The Balaban J connectivity index is 1.91. The normalized spacial score (nSPS) is 26.4. The molecule has 2 unspecified atom stereocenters. The molecule has 1 saturated carbocycles. The van der Waals surface area contributed by atoms with Gasteiger partial charge in [0.2, 0.25) is 0 Å². The van der Waals surface area contributed by atoms with E-state index in [2.05, 4.69) is 38.1 Å². The second-order valence-electron chi connectivity index (χ2n) is 6.20. The van der Waals surface area contributed by atoms with E-state index in [0.29, 0.717) is 12.3 Å². The fourth-order valence-electron chi connectivity index (χ4n) is 3.60. The number of aliphatic hydroxyl groups is 1. The maximum Gasteiger partial charge on any atom is 0.0731 e. The Labute approximate surface area is 120 Å². The van der Waals surface area contributed by atoms with E-state index in [9.17, 15) is 5.11 Å².